The molecule has 1 unspecified atom stereocenters. The zero-order chi connectivity index (χ0) is 13.5. The van der Waals surface area contributed by atoms with Gasteiger partial charge in [-0.1, -0.05) is 78.1 Å². The van der Waals surface area contributed by atoms with Crippen LogP contribution in [0.1, 0.15) is 90.9 Å². The van der Waals surface area contributed by atoms with Crippen LogP contribution in [0.15, 0.2) is 4.99 Å². The summed E-state index contributed by atoms with van der Waals surface area (Å²) < 4.78 is 0. The second-order valence-corrected chi connectivity index (χ2v) is 5.28. The zero-order valence-corrected chi connectivity index (χ0v) is 12.4. The van der Waals surface area contributed by atoms with Crippen LogP contribution in [0.25, 0.3) is 0 Å². The number of carbonyl (C=O) groups excluding carboxylic acids is 1. The second kappa shape index (κ2) is 14.4. The van der Waals surface area contributed by atoms with Gasteiger partial charge in [-0.2, -0.15) is 0 Å². The summed E-state index contributed by atoms with van der Waals surface area (Å²) in [5.41, 5.74) is 0. The molecule has 0 radical (unpaired) electrons. The molecule has 0 fully saturated rings. The Bertz CT molecular complexity index is 209. The molecule has 0 rings (SSSR count). The van der Waals surface area contributed by atoms with Crippen molar-refractivity contribution in [3.05, 3.63) is 0 Å². The van der Waals surface area contributed by atoms with Crippen molar-refractivity contribution in [2.75, 3.05) is 0 Å². The van der Waals surface area contributed by atoms with E-state index in [2.05, 4.69) is 18.8 Å². The van der Waals surface area contributed by atoms with Crippen molar-refractivity contribution in [2.45, 2.75) is 96.9 Å². The van der Waals surface area contributed by atoms with Crippen LogP contribution in [0.5, 0.6) is 0 Å². The molecule has 0 aromatic carbocycles. The van der Waals surface area contributed by atoms with Gasteiger partial charge in [-0.05, 0) is 12.8 Å². The summed E-state index contributed by atoms with van der Waals surface area (Å²) in [6, 6.07) is 0.241. The Morgan fingerprint density at radius 1 is 0.778 bits per heavy atom. The molecule has 0 aliphatic heterocycles. The molecule has 0 bridgehead atoms. The van der Waals surface area contributed by atoms with Crippen LogP contribution in [-0.2, 0) is 4.79 Å². The van der Waals surface area contributed by atoms with Gasteiger partial charge in [0.05, 0.1) is 6.04 Å². The minimum atomic E-state index is 0.241. The van der Waals surface area contributed by atoms with Crippen LogP contribution in [0, 0.1) is 0 Å². The molecule has 1 atom stereocenters. The van der Waals surface area contributed by atoms with Crippen LogP contribution in [-0.4, -0.2) is 12.1 Å². The van der Waals surface area contributed by atoms with Crippen LogP contribution in [0.2, 0.25) is 0 Å². The number of unbranched alkanes of at least 4 members (excludes halogenated alkanes) is 8. The summed E-state index contributed by atoms with van der Waals surface area (Å²) in [4.78, 5) is 14.3. The fraction of sp³-hybridized carbons (Fsp3) is 0.938. The second-order valence-electron chi connectivity index (χ2n) is 5.28. The zero-order valence-electron chi connectivity index (χ0n) is 12.4. The lowest BCUT2D eigenvalue weighted by atomic mass is 10.0. The molecule has 0 aromatic heterocycles. The van der Waals surface area contributed by atoms with E-state index in [9.17, 15) is 4.79 Å². The summed E-state index contributed by atoms with van der Waals surface area (Å²) >= 11 is 0. The average Bonchev–Trinajstić information content (AvgIpc) is 2.38. The van der Waals surface area contributed by atoms with E-state index in [-0.39, 0.29) is 6.04 Å². The van der Waals surface area contributed by atoms with E-state index in [1.807, 2.05) is 0 Å². The molecule has 2 nitrogen and oxygen atoms in total. The van der Waals surface area contributed by atoms with Crippen molar-refractivity contribution in [1.29, 1.82) is 0 Å². The average molecular weight is 253 g/mol. The van der Waals surface area contributed by atoms with Gasteiger partial charge in [-0.3, -0.25) is 0 Å². The predicted octanol–water partition coefficient (Wildman–Crippen LogP) is 5.41. The highest BCUT2D eigenvalue weighted by atomic mass is 16.1. The molecule has 0 heterocycles. The first kappa shape index (κ1) is 17.4. The van der Waals surface area contributed by atoms with E-state index < -0.39 is 0 Å². The third-order valence-electron chi connectivity index (χ3n) is 3.52. The summed E-state index contributed by atoms with van der Waals surface area (Å²) in [6.45, 7) is 4.46. The normalized spacial score (nSPS) is 12.1. The van der Waals surface area contributed by atoms with Gasteiger partial charge in [0.1, 0.15) is 0 Å². The van der Waals surface area contributed by atoms with Crippen molar-refractivity contribution >= 4 is 6.08 Å². The molecule has 0 saturated heterocycles. The Morgan fingerprint density at radius 3 is 1.72 bits per heavy atom. The molecule has 0 aliphatic carbocycles. The largest absolute Gasteiger partial charge is 0.235 e. The van der Waals surface area contributed by atoms with Crippen molar-refractivity contribution in [3.63, 3.8) is 0 Å². The lowest BCUT2D eigenvalue weighted by Gasteiger charge is -2.10. The van der Waals surface area contributed by atoms with Gasteiger partial charge in [0.25, 0.3) is 0 Å². The summed E-state index contributed by atoms with van der Waals surface area (Å²) in [5.74, 6) is 0. The fourth-order valence-corrected chi connectivity index (χ4v) is 2.32. The molecule has 0 aromatic rings. The lowest BCUT2D eigenvalue weighted by Crippen LogP contribution is -2.04. The molecule has 2 heteroatoms. The van der Waals surface area contributed by atoms with Gasteiger partial charge in [0.2, 0.25) is 6.08 Å². The monoisotopic (exact) mass is 253 g/mol. The third kappa shape index (κ3) is 11.9. The number of rotatable bonds is 13. The lowest BCUT2D eigenvalue weighted by molar-refractivity contribution is 0.483. The number of nitrogens with zero attached hydrogens (tertiary/aromatic N) is 1. The molecular formula is C16H31NO. The van der Waals surface area contributed by atoms with E-state index in [4.69, 9.17) is 0 Å². The van der Waals surface area contributed by atoms with Gasteiger partial charge in [0, 0.05) is 0 Å². The van der Waals surface area contributed by atoms with Gasteiger partial charge >= 0.3 is 0 Å². The topological polar surface area (TPSA) is 29.4 Å². The van der Waals surface area contributed by atoms with E-state index in [0.717, 1.165) is 12.8 Å². The van der Waals surface area contributed by atoms with E-state index in [1.54, 1.807) is 6.08 Å². The number of isocyanates is 1. The highest BCUT2D eigenvalue weighted by molar-refractivity contribution is 5.33. The van der Waals surface area contributed by atoms with Crippen molar-refractivity contribution < 1.29 is 4.79 Å². The minimum absolute atomic E-state index is 0.241. The third-order valence-corrected chi connectivity index (χ3v) is 3.52. The molecule has 106 valence electrons. The highest BCUT2D eigenvalue weighted by Gasteiger charge is 2.06. The van der Waals surface area contributed by atoms with E-state index in [1.165, 1.54) is 64.2 Å². The fourth-order valence-electron chi connectivity index (χ4n) is 2.32. The minimum Gasteiger partial charge on any atom is -0.211 e. The number of aliphatic imine (C=N–C) groups is 1. The number of hydrogen-bond acceptors (Lipinski definition) is 2. The van der Waals surface area contributed by atoms with Gasteiger partial charge in [-0.25, -0.2) is 9.79 Å². The first-order chi connectivity index (χ1) is 8.85. The van der Waals surface area contributed by atoms with Gasteiger partial charge in [0.15, 0.2) is 0 Å². The van der Waals surface area contributed by atoms with E-state index in [0.29, 0.717) is 0 Å². The maximum absolute atomic E-state index is 10.4. The van der Waals surface area contributed by atoms with Crippen LogP contribution < -0.4 is 0 Å². The predicted molar refractivity (Wildman–Crippen MR) is 78.7 cm³/mol. The summed E-state index contributed by atoms with van der Waals surface area (Å²) in [7, 11) is 0. The molecule has 0 spiro atoms. The van der Waals surface area contributed by atoms with Crippen LogP contribution in [0.3, 0.4) is 0 Å². The van der Waals surface area contributed by atoms with Gasteiger partial charge in [-0.15, -0.1) is 0 Å². The van der Waals surface area contributed by atoms with Gasteiger partial charge < -0.3 is 0 Å². The maximum Gasteiger partial charge on any atom is 0.235 e. The van der Waals surface area contributed by atoms with Crippen molar-refractivity contribution in [3.8, 4) is 0 Å². The Morgan fingerprint density at radius 2 is 1.22 bits per heavy atom. The first-order valence-corrected chi connectivity index (χ1v) is 7.92. The quantitative estimate of drug-likeness (QED) is 0.245. The molecule has 0 aliphatic rings. The van der Waals surface area contributed by atoms with E-state index >= 15 is 0 Å². The summed E-state index contributed by atoms with van der Waals surface area (Å²) in [6.07, 6.45) is 16.8. The Balaban J connectivity index is 3.53. The number of hydrogen-bond donors (Lipinski definition) is 0. The van der Waals surface area contributed by atoms with Crippen LogP contribution >= 0.6 is 0 Å². The Hall–Kier alpha value is -0.620. The SMILES string of the molecule is CCCCCCCCC(CCCCCC)N=C=O. The maximum atomic E-state index is 10.4. The highest BCUT2D eigenvalue weighted by Crippen LogP contribution is 2.15. The van der Waals surface area contributed by atoms with Crippen LogP contribution in [0.4, 0.5) is 0 Å². The molecule has 0 amide bonds. The molecule has 18 heavy (non-hydrogen) atoms. The molecule has 0 N–H and O–H groups in total. The summed E-state index contributed by atoms with van der Waals surface area (Å²) in [5, 5.41) is 0. The smallest absolute Gasteiger partial charge is 0.211 e. The Kier molecular flexibility index (Phi) is 13.9. The molecule has 0 saturated carbocycles. The standard InChI is InChI=1S/C16H31NO/c1-3-5-7-9-10-12-14-16(17-15-18)13-11-8-6-4-2/h16H,3-14H2,1-2H3. The van der Waals surface area contributed by atoms with Crippen molar-refractivity contribution in [1.82, 2.24) is 0 Å². The van der Waals surface area contributed by atoms with Crippen molar-refractivity contribution in [2.24, 2.45) is 4.99 Å². The Labute approximate surface area is 113 Å². The first-order valence-electron chi connectivity index (χ1n) is 7.92. The molecular weight excluding hydrogens is 222 g/mol.